The van der Waals surface area contributed by atoms with Crippen molar-refractivity contribution < 1.29 is 9.90 Å². The van der Waals surface area contributed by atoms with Gasteiger partial charge >= 0.3 is 0 Å². The van der Waals surface area contributed by atoms with Crippen molar-refractivity contribution in [3.8, 4) is 33.8 Å². The number of carbonyl (C=O) groups excluding carboxylic acids is 1. The first-order valence-electron chi connectivity index (χ1n) is 11.4. The molecule has 174 valence electrons. The lowest BCUT2D eigenvalue weighted by atomic mass is 10.00. The van der Waals surface area contributed by atoms with Gasteiger partial charge in [-0.05, 0) is 62.2 Å². The highest BCUT2D eigenvalue weighted by Crippen LogP contribution is 2.33. The van der Waals surface area contributed by atoms with Crippen molar-refractivity contribution >= 4 is 11.6 Å². The van der Waals surface area contributed by atoms with E-state index in [1.165, 1.54) is 13.8 Å². The second kappa shape index (κ2) is 9.23. The molecule has 6 heteroatoms. The van der Waals surface area contributed by atoms with E-state index in [2.05, 4.69) is 42.3 Å². The number of aliphatic hydroxyl groups is 1. The summed E-state index contributed by atoms with van der Waals surface area (Å²) in [5.74, 6) is 0.733. The van der Waals surface area contributed by atoms with Gasteiger partial charge in [-0.25, -0.2) is 4.98 Å². The maximum Gasteiger partial charge on any atom is 0.255 e. The van der Waals surface area contributed by atoms with Crippen LogP contribution in [0.5, 0.6) is 0 Å². The lowest BCUT2D eigenvalue weighted by Crippen LogP contribution is -2.36. The van der Waals surface area contributed by atoms with Crippen LogP contribution in [0.25, 0.3) is 33.8 Å². The molecule has 6 nitrogen and oxygen atoms in total. The average Bonchev–Trinajstić information content (AvgIpc) is 3.25. The highest BCUT2D eigenvalue weighted by molar-refractivity contribution is 5.96. The first-order valence-corrected chi connectivity index (χ1v) is 11.4. The van der Waals surface area contributed by atoms with Crippen molar-refractivity contribution in [3.63, 3.8) is 0 Å². The van der Waals surface area contributed by atoms with Crippen molar-refractivity contribution in [3.05, 3.63) is 78.2 Å². The number of aromatic nitrogens is 3. The van der Waals surface area contributed by atoms with Gasteiger partial charge in [0.2, 0.25) is 0 Å². The Morgan fingerprint density at radius 3 is 2.26 bits per heavy atom. The minimum Gasteiger partial charge on any atom is -0.381 e. The van der Waals surface area contributed by atoms with Crippen LogP contribution < -0.4 is 5.32 Å². The number of anilines is 1. The topological polar surface area (TPSA) is 90.9 Å². The first kappa shape index (κ1) is 23.4. The van der Waals surface area contributed by atoms with Gasteiger partial charge in [-0.15, -0.1) is 0 Å². The molecular weight excluding hydrogens is 424 g/mol. The summed E-state index contributed by atoms with van der Waals surface area (Å²) in [7, 11) is 0. The van der Waals surface area contributed by atoms with Crippen LogP contribution in [0.3, 0.4) is 0 Å². The third-order valence-corrected chi connectivity index (χ3v) is 5.58. The van der Waals surface area contributed by atoms with Gasteiger partial charge in [-0.3, -0.25) is 9.78 Å². The molecule has 3 N–H and O–H groups in total. The number of aromatic amines is 1. The van der Waals surface area contributed by atoms with E-state index in [1.54, 1.807) is 0 Å². The summed E-state index contributed by atoms with van der Waals surface area (Å²) in [5.41, 5.74) is 5.85. The maximum absolute atomic E-state index is 12.0. The molecule has 0 saturated carbocycles. The number of amides is 1. The molecule has 2 aromatic heterocycles. The molecule has 34 heavy (non-hydrogen) atoms. The second-order valence-electron chi connectivity index (χ2n) is 9.34. The van der Waals surface area contributed by atoms with Gasteiger partial charge in [0.15, 0.2) is 0 Å². The van der Waals surface area contributed by atoms with Crippen molar-refractivity contribution in [1.29, 1.82) is 0 Å². The Balaban J connectivity index is 1.69. The third-order valence-electron chi connectivity index (χ3n) is 5.58. The zero-order valence-electron chi connectivity index (χ0n) is 20.2. The molecule has 0 aliphatic heterocycles. The number of pyridine rings is 1. The zero-order chi connectivity index (χ0) is 24.5. The standard InChI is InChI=1S/C28H30N4O2/c1-17(2)26-31-24(25(32-26)23-11-6-8-18(3)29-23)21-10-7-9-20(16-21)19-12-14-22(15-13-19)30-27(33)28(4,5)34/h6-17,34H,1-5H3,(H,30,33)(H,31,32). The predicted octanol–water partition coefficient (Wildman–Crippen LogP) is 5.95. The Hall–Kier alpha value is -3.77. The number of nitrogens with zero attached hydrogens (tertiary/aromatic N) is 2. The van der Waals surface area contributed by atoms with Crippen molar-refractivity contribution in [2.45, 2.75) is 46.1 Å². The van der Waals surface area contributed by atoms with E-state index in [-0.39, 0.29) is 5.92 Å². The van der Waals surface area contributed by atoms with E-state index < -0.39 is 11.5 Å². The number of nitrogens with one attached hydrogen (secondary N) is 2. The van der Waals surface area contributed by atoms with Gasteiger partial charge < -0.3 is 15.4 Å². The van der Waals surface area contributed by atoms with Crippen molar-refractivity contribution in [2.75, 3.05) is 5.32 Å². The van der Waals surface area contributed by atoms with Gasteiger partial charge in [0.1, 0.15) is 11.4 Å². The summed E-state index contributed by atoms with van der Waals surface area (Å²) in [5, 5.41) is 12.6. The van der Waals surface area contributed by atoms with E-state index >= 15 is 0 Å². The molecule has 4 rings (SSSR count). The van der Waals surface area contributed by atoms with Crippen molar-refractivity contribution in [2.24, 2.45) is 0 Å². The molecule has 0 atom stereocenters. The minimum atomic E-state index is -1.44. The quantitative estimate of drug-likeness (QED) is 0.336. The van der Waals surface area contributed by atoms with Crippen LogP contribution >= 0.6 is 0 Å². The van der Waals surface area contributed by atoms with Gasteiger partial charge in [0.25, 0.3) is 5.91 Å². The molecule has 0 unspecified atom stereocenters. The molecule has 2 aromatic carbocycles. The highest BCUT2D eigenvalue weighted by atomic mass is 16.3. The summed E-state index contributed by atoms with van der Waals surface area (Å²) in [4.78, 5) is 25.2. The maximum atomic E-state index is 12.0. The molecule has 0 radical (unpaired) electrons. The van der Waals surface area contributed by atoms with E-state index in [9.17, 15) is 9.90 Å². The minimum absolute atomic E-state index is 0.257. The lowest BCUT2D eigenvalue weighted by Gasteiger charge is -2.16. The Bertz CT molecular complexity index is 1310. The Morgan fingerprint density at radius 1 is 0.941 bits per heavy atom. The number of rotatable bonds is 6. The van der Waals surface area contributed by atoms with E-state index in [1.807, 2.05) is 55.5 Å². The molecule has 0 aliphatic rings. The fraction of sp³-hybridized carbons (Fsp3) is 0.250. The molecule has 0 fully saturated rings. The first-order chi connectivity index (χ1) is 16.1. The number of hydrogen-bond acceptors (Lipinski definition) is 4. The van der Waals surface area contributed by atoms with Gasteiger partial charge in [0.05, 0.1) is 17.1 Å². The third kappa shape index (κ3) is 5.07. The largest absolute Gasteiger partial charge is 0.381 e. The molecule has 2 heterocycles. The summed E-state index contributed by atoms with van der Waals surface area (Å²) in [6.07, 6.45) is 0. The van der Waals surface area contributed by atoms with Crippen LogP contribution in [-0.4, -0.2) is 31.6 Å². The molecular formula is C28H30N4O2. The number of imidazole rings is 1. The monoisotopic (exact) mass is 454 g/mol. The van der Waals surface area contributed by atoms with Crippen LogP contribution in [0.4, 0.5) is 5.69 Å². The van der Waals surface area contributed by atoms with Crippen LogP contribution in [0.2, 0.25) is 0 Å². The SMILES string of the molecule is Cc1cccc(-c2[nH]c(C(C)C)nc2-c2cccc(-c3ccc(NC(=O)C(C)(C)O)cc3)c2)n1. The average molecular weight is 455 g/mol. The van der Waals surface area contributed by atoms with Gasteiger partial charge in [-0.1, -0.05) is 50.2 Å². The predicted molar refractivity (Wildman–Crippen MR) is 136 cm³/mol. The summed E-state index contributed by atoms with van der Waals surface area (Å²) in [6.45, 7) is 9.14. The molecule has 0 bridgehead atoms. The van der Waals surface area contributed by atoms with E-state index in [0.717, 1.165) is 45.3 Å². The van der Waals surface area contributed by atoms with Crippen LogP contribution in [0.1, 0.15) is 45.1 Å². The van der Waals surface area contributed by atoms with E-state index in [4.69, 9.17) is 9.97 Å². The van der Waals surface area contributed by atoms with Crippen LogP contribution in [0.15, 0.2) is 66.7 Å². The number of aryl methyl sites for hydroxylation is 1. The number of hydrogen-bond donors (Lipinski definition) is 3. The van der Waals surface area contributed by atoms with Gasteiger partial charge in [-0.2, -0.15) is 0 Å². The fourth-order valence-corrected chi connectivity index (χ4v) is 3.62. The Morgan fingerprint density at radius 2 is 1.62 bits per heavy atom. The summed E-state index contributed by atoms with van der Waals surface area (Å²) >= 11 is 0. The number of H-pyrrole nitrogens is 1. The van der Waals surface area contributed by atoms with Crippen molar-refractivity contribution in [1.82, 2.24) is 15.0 Å². The number of carbonyl (C=O) groups is 1. The number of benzene rings is 2. The Labute approximate surface area is 200 Å². The summed E-state index contributed by atoms with van der Waals surface area (Å²) < 4.78 is 0. The second-order valence-corrected chi connectivity index (χ2v) is 9.34. The molecule has 0 spiro atoms. The van der Waals surface area contributed by atoms with E-state index in [0.29, 0.717) is 5.69 Å². The molecule has 0 aliphatic carbocycles. The highest BCUT2D eigenvalue weighted by Gasteiger charge is 2.23. The summed E-state index contributed by atoms with van der Waals surface area (Å²) in [6, 6.07) is 21.8. The van der Waals surface area contributed by atoms with Gasteiger partial charge in [0, 0.05) is 22.9 Å². The molecule has 4 aromatic rings. The van der Waals surface area contributed by atoms with Crippen LogP contribution in [0, 0.1) is 6.92 Å². The Kier molecular flexibility index (Phi) is 6.35. The zero-order valence-corrected chi connectivity index (χ0v) is 20.2. The molecule has 1 amide bonds. The smallest absolute Gasteiger partial charge is 0.255 e. The normalized spacial score (nSPS) is 11.6. The lowest BCUT2D eigenvalue weighted by molar-refractivity contribution is -0.130. The molecule has 0 saturated heterocycles. The van der Waals surface area contributed by atoms with Crippen LogP contribution in [-0.2, 0) is 4.79 Å². The fourth-order valence-electron chi connectivity index (χ4n) is 3.62.